The molecule has 1 aliphatic rings. The van der Waals surface area contributed by atoms with Crippen LogP contribution in [0.2, 0.25) is 0 Å². The molecule has 0 atom stereocenters. The summed E-state index contributed by atoms with van der Waals surface area (Å²) in [4.78, 5) is 28.9. The van der Waals surface area contributed by atoms with Crippen molar-refractivity contribution < 1.29 is 18.4 Å². The van der Waals surface area contributed by atoms with E-state index in [9.17, 15) is 18.4 Å². The van der Waals surface area contributed by atoms with Gasteiger partial charge in [-0.2, -0.15) is 0 Å². The van der Waals surface area contributed by atoms with Crippen LogP contribution in [-0.2, 0) is 11.3 Å². The van der Waals surface area contributed by atoms with Gasteiger partial charge in [-0.25, -0.2) is 13.6 Å². The number of nitrogens with zero attached hydrogens (tertiary/aromatic N) is 2. The van der Waals surface area contributed by atoms with Crippen molar-refractivity contribution in [3.63, 3.8) is 0 Å². The van der Waals surface area contributed by atoms with Gasteiger partial charge in [0.25, 0.3) is 5.91 Å². The molecule has 1 heterocycles. The molecule has 1 fully saturated rings. The fourth-order valence-corrected chi connectivity index (χ4v) is 3.96. The number of amides is 3. The molecule has 1 saturated heterocycles. The largest absolute Gasteiger partial charge is 0.328 e. The molecule has 0 bridgehead atoms. The molecule has 0 spiro atoms. The molecule has 4 nitrogen and oxygen atoms in total. The molecule has 1 aromatic carbocycles. The predicted octanol–water partition coefficient (Wildman–Crippen LogP) is 4.19. The van der Waals surface area contributed by atoms with Gasteiger partial charge in [0, 0.05) is 11.6 Å². The van der Waals surface area contributed by atoms with Crippen LogP contribution in [0.3, 0.4) is 0 Å². The van der Waals surface area contributed by atoms with Crippen LogP contribution in [0.15, 0.2) is 18.2 Å². The summed E-state index contributed by atoms with van der Waals surface area (Å²) in [6.45, 7) is 10.9. The van der Waals surface area contributed by atoms with Gasteiger partial charge >= 0.3 is 6.03 Å². The van der Waals surface area contributed by atoms with Crippen molar-refractivity contribution in [3.8, 4) is 0 Å². The van der Waals surface area contributed by atoms with E-state index in [0.717, 1.165) is 6.07 Å². The van der Waals surface area contributed by atoms with Crippen molar-refractivity contribution in [2.75, 3.05) is 0 Å². The predicted molar refractivity (Wildman–Crippen MR) is 91.7 cm³/mol. The molecule has 0 aliphatic carbocycles. The number of benzene rings is 1. The van der Waals surface area contributed by atoms with Gasteiger partial charge in [0.15, 0.2) is 11.6 Å². The van der Waals surface area contributed by atoms with Crippen LogP contribution < -0.4 is 0 Å². The van der Waals surface area contributed by atoms with Gasteiger partial charge in [-0.15, -0.1) is 0 Å². The summed E-state index contributed by atoms with van der Waals surface area (Å²) in [6.07, 6.45) is 0. The number of hydrogen-bond donors (Lipinski definition) is 0. The minimum atomic E-state index is -1.08. The zero-order valence-electron chi connectivity index (χ0n) is 15.6. The Labute approximate surface area is 147 Å². The molecule has 3 amide bonds. The molecule has 25 heavy (non-hydrogen) atoms. The molecule has 0 radical (unpaired) electrons. The first-order valence-electron chi connectivity index (χ1n) is 8.64. The van der Waals surface area contributed by atoms with Crippen molar-refractivity contribution in [2.45, 2.75) is 59.7 Å². The van der Waals surface area contributed by atoms with Gasteiger partial charge in [0.05, 0.1) is 6.54 Å². The summed E-state index contributed by atoms with van der Waals surface area (Å²) in [5, 5.41) is 0. The molecule has 0 N–H and O–H groups in total. The lowest BCUT2D eigenvalue weighted by Crippen LogP contribution is -2.57. The summed E-state index contributed by atoms with van der Waals surface area (Å²) in [5.74, 6) is -2.56. The van der Waals surface area contributed by atoms with Crippen LogP contribution in [0.1, 0.15) is 47.1 Å². The van der Waals surface area contributed by atoms with Crippen LogP contribution in [0.5, 0.6) is 0 Å². The lowest BCUT2D eigenvalue weighted by atomic mass is 9.75. The summed E-state index contributed by atoms with van der Waals surface area (Å²) in [5.41, 5.74) is -1.02. The lowest BCUT2D eigenvalue weighted by molar-refractivity contribution is -0.139. The van der Waals surface area contributed by atoms with Crippen molar-refractivity contribution >= 4 is 11.9 Å². The van der Waals surface area contributed by atoms with Gasteiger partial charge in [0.1, 0.15) is 5.54 Å². The van der Waals surface area contributed by atoms with E-state index in [1.165, 1.54) is 21.9 Å². The number of hydrogen-bond acceptors (Lipinski definition) is 2. The first kappa shape index (κ1) is 19.3. The number of halogens is 2. The number of carbonyl (C=O) groups is 2. The normalized spacial score (nSPS) is 17.6. The smallest absolute Gasteiger partial charge is 0.305 e. The van der Waals surface area contributed by atoms with Crippen LogP contribution in [-0.4, -0.2) is 33.3 Å². The zero-order chi connectivity index (χ0) is 19.1. The lowest BCUT2D eigenvalue weighted by Gasteiger charge is -2.42. The summed E-state index contributed by atoms with van der Waals surface area (Å²) < 4.78 is 27.8. The van der Waals surface area contributed by atoms with E-state index < -0.39 is 23.2 Å². The topological polar surface area (TPSA) is 40.6 Å². The third kappa shape index (κ3) is 2.81. The molecular formula is C19H26F2N2O2. The maximum Gasteiger partial charge on any atom is 0.328 e. The Hall–Kier alpha value is -1.98. The second-order valence-electron chi connectivity index (χ2n) is 7.49. The van der Waals surface area contributed by atoms with E-state index in [2.05, 4.69) is 0 Å². The summed E-state index contributed by atoms with van der Waals surface area (Å²) >= 11 is 0. The fraction of sp³-hybridized carbons (Fsp3) is 0.579. The molecule has 2 rings (SSSR count). The van der Waals surface area contributed by atoms with Gasteiger partial charge < -0.3 is 4.90 Å². The Morgan fingerprint density at radius 2 is 1.56 bits per heavy atom. The second-order valence-corrected chi connectivity index (χ2v) is 7.49. The summed E-state index contributed by atoms with van der Waals surface area (Å²) in [6, 6.07) is 3.13. The van der Waals surface area contributed by atoms with Crippen LogP contribution in [0, 0.1) is 23.5 Å². The maximum absolute atomic E-state index is 14.2. The third-order valence-corrected chi connectivity index (χ3v) is 5.08. The van der Waals surface area contributed by atoms with E-state index in [1.54, 1.807) is 13.8 Å². The molecule has 1 aliphatic heterocycles. The van der Waals surface area contributed by atoms with Gasteiger partial charge in [0.2, 0.25) is 0 Å². The quantitative estimate of drug-likeness (QED) is 0.746. The summed E-state index contributed by atoms with van der Waals surface area (Å²) in [7, 11) is 0. The van der Waals surface area contributed by atoms with E-state index >= 15 is 0 Å². The minimum Gasteiger partial charge on any atom is -0.305 e. The third-order valence-electron chi connectivity index (χ3n) is 5.08. The average Bonchev–Trinajstić information content (AvgIpc) is 2.72. The van der Waals surface area contributed by atoms with Crippen molar-refractivity contribution in [1.29, 1.82) is 0 Å². The number of imide groups is 1. The van der Waals surface area contributed by atoms with Crippen LogP contribution >= 0.6 is 0 Å². The molecule has 138 valence electrons. The highest BCUT2D eigenvalue weighted by atomic mass is 19.2. The Morgan fingerprint density at radius 1 is 1.00 bits per heavy atom. The molecule has 0 saturated carbocycles. The molecule has 6 heteroatoms. The standard InChI is InChI=1S/C19H26F2N2O2/c1-11(2)19(12(3)4)17(24)23(13(5)6)18(25)22(19)10-14-8-7-9-15(20)16(14)21/h7-9,11-13H,10H2,1-6H3. The number of carbonyl (C=O) groups excluding carboxylic acids is 2. The van der Waals surface area contributed by atoms with E-state index in [-0.39, 0.29) is 35.9 Å². The Kier molecular flexibility index (Phi) is 5.21. The van der Waals surface area contributed by atoms with Crippen molar-refractivity contribution in [1.82, 2.24) is 9.80 Å². The van der Waals surface area contributed by atoms with Crippen molar-refractivity contribution in [3.05, 3.63) is 35.4 Å². The maximum atomic E-state index is 14.2. The highest BCUT2D eigenvalue weighted by molar-refractivity contribution is 6.07. The monoisotopic (exact) mass is 352 g/mol. The SMILES string of the molecule is CC(C)N1C(=O)N(Cc2cccc(F)c2F)C(C(C)C)(C(C)C)C1=O. The van der Waals surface area contributed by atoms with Gasteiger partial charge in [-0.05, 0) is 31.7 Å². The zero-order valence-corrected chi connectivity index (χ0v) is 15.6. The molecule has 1 aromatic rings. The minimum absolute atomic E-state index is 0.0671. The fourth-order valence-electron chi connectivity index (χ4n) is 3.96. The van der Waals surface area contributed by atoms with Gasteiger partial charge in [-0.1, -0.05) is 39.8 Å². The molecule has 0 aromatic heterocycles. The average molecular weight is 352 g/mol. The van der Waals surface area contributed by atoms with Crippen LogP contribution in [0.25, 0.3) is 0 Å². The highest BCUT2D eigenvalue weighted by Gasteiger charge is 2.61. The van der Waals surface area contributed by atoms with Crippen LogP contribution in [0.4, 0.5) is 13.6 Å². The first-order chi connectivity index (χ1) is 11.6. The number of urea groups is 1. The second kappa shape index (κ2) is 6.73. The molecule has 0 unspecified atom stereocenters. The molecular weight excluding hydrogens is 326 g/mol. The van der Waals surface area contributed by atoms with Gasteiger partial charge in [-0.3, -0.25) is 9.69 Å². The first-order valence-corrected chi connectivity index (χ1v) is 8.64. The van der Waals surface area contributed by atoms with Crippen molar-refractivity contribution in [2.24, 2.45) is 11.8 Å². The Bertz CT molecular complexity index is 678. The number of rotatable bonds is 5. The van der Waals surface area contributed by atoms with E-state index in [0.29, 0.717) is 0 Å². The Balaban J connectivity index is 2.60. The highest BCUT2D eigenvalue weighted by Crippen LogP contribution is 2.42. The van der Waals surface area contributed by atoms with E-state index in [1.807, 2.05) is 27.7 Å². The Morgan fingerprint density at radius 3 is 2.04 bits per heavy atom. The van der Waals surface area contributed by atoms with E-state index in [4.69, 9.17) is 0 Å².